The first kappa shape index (κ1) is 21.0. The quantitative estimate of drug-likeness (QED) is 0.225. The largest absolute Gasteiger partial charge is 0.436 e. The van der Waals surface area contributed by atoms with E-state index in [0.717, 1.165) is 16.7 Å². The zero-order valence-electron chi connectivity index (χ0n) is 17.6. The Morgan fingerprint density at radius 2 is 1.88 bits per heavy atom. The Morgan fingerprint density at radius 1 is 1.09 bits per heavy atom. The van der Waals surface area contributed by atoms with Gasteiger partial charge in [-0.15, -0.1) is 0 Å². The van der Waals surface area contributed by atoms with E-state index >= 15 is 0 Å². The molecule has 4 aromatic rings. The Bertz CT molecular complexity index is 1320. The van der Waals surface area contributed by atoms with Crippen molar-refractivity contribution in [2.45, 2.75) is 19.8 Å². The van der Waals surface area contributed by atoms with Gasteiger partial charge in [-0.05, 0) is 59.5 Å². The lowest BCUT2D eigenvalue weighted by Crippen LogP contribution is -2.07. The maximum atomic E-state index is 12.2. The highest BCUT2D eigenvalue weighted by Crippen LogP contribution is 2.27. The van der Waals surface area contributed by atoms with Gasteiger partial charge in [-0.1, -0.05) is 32.0 Å². The molecule has 0 radical (unpaired) electrons. The molecular formula is C25H21N3O4. The van der Waals surface area contributed by atoms with Gasteiger partial charge in [0.1, 0.15) is 5.52 Å². The van der Waals surface area contributed by atoms with Crippen LogP contribution >= 0.6 is 0 Å². The number of oxazole rings is 1. The van der Waals surface area contributed by atoms with Crippen LogP contribution in [0.1, 0.15) is 30.9 Å². The van der Waals surface area contributed by atoms with Gasteiger partial charge < -0.3 is 9.73 Å². The normalized spacial score (nSPS) is 11.3. The molecule has 7 heteroatoms. The molecule has 1 aromatic heterocycles. The number of nitro benzene ring substituents is 1. The number of aromatic nitrogens is 1. The Balaban J connectivity index is 1.44. The van der Waals surface area contributed by atoms with Gasteiger partial charge in [0.05, 0.1) is 4.92 Å². The zero-order valence-corrected chi connectivity index (χ0v) is 17.6. The van der Waals surface area contributed by atoms with E-state index in [1.54, 1.807) is 24.3 Å². The summed E-state index contributed by atoms with van der Waals surface area (Å²) < 4.78 is 5.87. The molecule has 0 aliphatic rings. The molecule has 0 saturated heterocycles. The molecular weight excluding hydrogens is 406 g/mol. The van der Waals surface area contributed by atoms with Gasteiger partial charge in [-0.3, -0.25) is 14.9 Å². The molecule has 0 unspecified atom stereocenters. The van der Waals surface area contributed by atoms with Crippen LogP contribution in [0.5, 0.6) is 0 Å². The third kappa shape index (κ3) is 4.73. The second kappa shape index (κ2) is 8.85. The highest BCUT2D eigenvalue weighted by atomic mass is 16.6. The van der Waals surface area contributed by atoms with Crippen molar-refractivity contribution in [2.75, 3.05) is 5.32 Å². The second-order valence-corrected chi connectivity index (χ2v) is 7.65. The van der Waals surface area contributed by atoms with Crippen LogP contribution in [0.25, 0.3) is 28.6 Å². The van der Waals surface area contributed by atoms with E-state index in [0.29, 0.717) is 23.1 Å². The van der Waals surface area contributed by atoms with E-state index in [1.165, 1.54) is 29.8 Å². The number of nitrogens with one attached hydrogen (secondary N) is 1. The zero-order chi connectivity index (χ0) is 22.7. The van der Waals surface area contributed by atoms with Gasteiger partial charge >= 0.3 is 0 Å². The molecule has 32 heavy (non-hydrogen) atoms. The average Bonchev–Trinajstić information content (AvgIpc) is 3.22. The molecule has 1 N–H and O–H groups in total. The molecule has 4 rings (SSSR count). The highest BCUT2D eigenvalue weighted by molar-refractivity contribution is 6.02. The Hall–Kier alpha value is -4.26. The third-order valence-corrected chi connectivity index (χ3v) is 4.99. The van der Waals surface area contributed by atoms with Gasteiger partial charge in [0.2, 0.25) is 11.8 Å². The van der Waals surface area contributed by atoms with Crippen LogP contribution in [0.2, 0.25) is 0 Å². The smallest absolute Gasteiger partial charge is 0.270 e. The highest BCUT2D eigenvalue weighted by Gasteiger charge is 2.10. The van der Waals surface area contributed by atoms with Gasteiger partial charge in [0, 0.05) is 29.5 Å². The predicted molar refractivity (Wildman–Crippen MR) is 124 cm³/mol. The van der Waals surface area contributed by atoms with Crippen LogP contribution < -0.4 is 5.32 Å². The summed E-state index contributed by atoms with van der Waals surface area (Å²) >= 11 is 0. The monoisotopic (exact) mass is 427 g/mol. The lowest BCUT2D eigenvalue weighted by atomic mass is 10.0. The van der Waals surface area contributed by atoms with E-state index < -0.39 is 4.92 Å². The number of hydrogen-bond acceptors (Lipinski definition) is 5. The summed E-state index contributed by atoms with van der Waals surface area (Å²) in [6.07, 6.45) is 2.86. The summed E-state index contributed by atoms with van der Waals surface area (Å²) in [4.78, 5) is 27.2. The Morgan fingerprint density at radius 3 is 2.59 bits per heavy atom. The standard InChI is InChI=1S/C25H21N3O4/c1-16(2)19-9-12-23-22(15-19)27-25(32-23)18-7-10-20(11-8-18)26-24(29)13-6-17-4-3-5-21(14-17)28(30)31/h3-16H,1-2H3,(H,26,29). The molecule has 3 aromatic carbocycles. The van der Waals surface area contributed by atoms with Crippen molar-refractivity contribution in [3.05, 3.63) is 94.0 Å². The van der Waals surface area contributed by atoms with E-state index in [9.17, 15) is 14.9 Å². The van der Waals surface area contributed by atoms with Crippen molar-refractivity contribution in [1.82, 2.24) is 4.98 Å². The third-order valence-electron chi connectivity index (χ3n) is 4.99. The van der Waals surface area contributed by atoms with Crippen molar-refractivity contribution in [3.63, 3.8) is 0 Å². The Labute approximate surface area is 184 Å². The van der Waals surface area contributed by atoms with Crippen LogP contribution in [0.15, 0.2) is 77.2 Å². The predicted octanol–water partition coefficient (Wildman–Crippen LogP) is 6.18. The molecule has 1 amide bonds. The molecule has 0 atom stereocenters. The fourth-order valence-electron chi connectivity index (χ4n) is 3.22. The van der Waals surface area contributed by atoms with E-state index in [2.05, 4.69) is 24.1 Å². The van der Waals surface area contributed by atoms with Crippen molar-refractivity contribution in [1.29, 1.82) is 0 Å². The van der Waals surface area contributed by atoms with E-state index in [-0.39, 0.29) is 11.6 Å². The number of benzene rings is 3. The second-order valence-electron chi connectivity index (χ2n) is 7.65. The summed E-state index contributed by atoms with van der Waals surface area (Å²) in [6.45, 7) is 4.27. The average molecular weight is 427 g/mol. The summed E-state index contributed by atoms with van der Waals surface area (Å²) in [6, 6.07) is 19.3. The number of nitro groups is 1. The number of hydrogen-bond donors (Lipinski definition) is 1. The van der Waals surface area contributed by atoms with Gasteiger partial charge in [0.25, 0.3) is 5.69 Å². The van der Waals surface area contributed by atoms with Crippen LogP contribution in [-0.2, 0) is 4.79 Å². The molecule has 0 bridgehead atoms. The maximum absolute atomic E-state index is 12.2. The number of amides is 1. The van der Waals surface area contributed by atoms with Crippen LogP contribution in [-0.4, -0.2) is 15.8 Å². The number of fused-ring (bicyclic) bond motifs is 1. The number of non-ortho nitro benzene ring substituents is 1. The minimum absolute atomic E-state index is 0.0252. The molecule has 1 heterocycles. The fraction of sp³-hybridized carbons (Fsp3) is 0.120. The number of anilines is 1. The number of carbonyl (C=O) groups is 1. The van der Waals surface area contributed by atoms with Crippen molar-refractivity contribution in [3.8, 4) is 11.5 Å². The van der Waals surface area contributed by atoms with Crippen LogP contribution in [0.4, 0.5) is 11.4 Å². The Kier molecular flexibility index (Phi) is 5.81. The summed E-state index contributed by atoms with van der Waals surface area (Å²) in [5, 5.41) is 13.6. The molecule has 0 spiro atoms. The molecule has 7 nitrogen and oxygen atoms in total. The van der Waals surface area contributed by atoms with Crippen molar-refractivity contribution in [2.24, 2.45) is 0 Å². The first-order valence-corrected chi connectivity index (χ1v) is 10.1. The SMILES string of the molecule is CC(C)c1ccc2oc(-c3ccc(NC(=O)C=Cc4cccc([N+](=O)[O-])c4)cc3)nc2c1. The first-order valence-electron chi connectivity index (χ1n) is 10.1. The maximum Gasteiger partial charge on any atom is 0.270 e. The van der Waals surface area contributed by atoms with Gasteiger partial charge in [-0.25, -0.2) is 4.98 Å². The molecule has 0 aliphatic carbocycles. The summed E-state index contributed by atoms with van der Waals surface area (Å²) in [7, 11) is 0. The minimum Gasteiger partial charge on any atom is -0.436 e. The summed E-state index contributed by atoms with van der Waals surface area (Å²) in [5.74, 6) is 0.588. The van der Waals surface area contributed by atoms with Gasteiger partial charge in [0.15, 0.2) is 5.58 Å². The first-order chi connectivity index (χ1) is 15.4. The van der Waals surface area contributed by atoms with Crippen LogP contribution in [0, 0.1) is 10.1 Å². The number of rotatable bonds is 6. The van der Waals surface area contributed by atoms with E-state index in [4.69, 9.17) is 4.42 Å². The molecule has 0 fully saturated rings. The molecule has 160 valence electrons. The lowest BCUT2D eigenvalue weighted by molar-refractivity contribution is -0.384. The van der Waals surface area contributed by atoms with E-state index in [1.807, 2.05) is 30.3 Å². The van der Waals surface area contributed by atoms with Gasteiger partial charge in [-0.2, -0.15) is 0 Å². The molecule has 0 saturated carbocycles. The topological polar surface area (TPSA) is 98.3 Å². The van der Waals surface area contributed by atoms with Crippen molar-refractivity contribution < 1.29 is 14.1 Å². The van der Waals surface area contributed by atoms with Crippen molar-refractivity contribution >= 4 is 34.5 Å². The van der Waals surface area contributed by atoms with Crippen LogP contribution in [0.3, 0.4) is 0 Å². The lowest BCUT2D eigenvalue weighted by Gasteiger charge is -2.03. The number of carbonyl (C=O) groups excluding carboxylic acids is 1. The minimum atomic E-state index is -0.473. The number of nitrogens with zero attached hydrogens (tertiary/aromatic N) is 2. The fourth-order valence-corrected chi connectivity index (χ4v) is 3.22. The molecule has 0 aliphatic heterocycles. The summed E-state index contributed by atoms with van der Waals surface area (Å²) in [5.41, 5.74) is 4.71.